The molecular weight excluding hydrogens is 446 g/mol. The standard InChI is InChI=1S/C24H24BrNO4/c1-13-20(23(28)29-4)22(21-16(26-13)11-24(2,3)12-17(21)27)19-10-9-18(30-19)14-7-5-6-8-15(14)25/h5-10,22,26H,11-12H2,1-4H3. The minimum Gasteiger partial charge on any atom is -0.466 e. The summed E-state index contributed by atoms with van der Waals surface area (Å²) in [4.78, 5) is 25.9. The van der Waals surface area contributed by atoms with Crippen molar-refractivity contribution in [1.82, 2.24) is 5.32 Å². The van der Waals surface area contributed by atoms with Gasteiger partial charge in [0.25, 0.3) is 0 Å². The van der Waals surface area contributed by atoms with Crippen molar-refractivity contribution in [1.29, 1.82) is 0 Å². The molecule has 2 aliphatic rings. The van der Waals surface area contributed by atoms with Crippen molar-refractivity contribution in [2.75, 3.05) is 7.11 Å². The number of hydrogen-bond acceptors (Lipinski definition) is 5. The van der Waals surface area contributed by atoms with Gasteiger partial charge in [0.1, 0.15) is 11.5 Å². The number of hydrogen-bond donors (Lipinski definition) is 1. The van der Waals surface area contributed by atoms with Crippen LogP contribution in [0.1, 0.15) is 45.3 Å². The molecule has 6 heteroatoms. The molecule has 1 aromatic carbocycles. The maximum absolute atomic E-state index is 13.2. The van der Waals surface area contributed by atoms with Crippen molar-refractivity contribution in [3.8, 4) is 11.3 Å². The predicted molar refractivity (Wildman–Crippen MR) is 117 cm³/mol. The van der Waals surface area contributed by atoms with Crippen LogP contribution in [0.2, 0.25) is 0 Å². The first-order valence-electron chi connectivity index (χ1n) is 9.89. The molecule has 1 aromatic heterocycles. The van der Waals surface area contributed by atoms with Gasteiger partial charge in [0.05, 0.1) is 18.6 Å². The van der Waals surface area contributed by atoms with Crippen LogP contribution in [0.15, 0.2) is 67.8 Å². The van der Waals surface area contributed by atoms with Crippen LogP contribution in [0.4, 0.5) is 0 Å². The number of halogens is 1. The number of carbonyl (C=O) groups is 2. The molecule has 1 N–H and O–H groups in total. The van der Waals surface area contributed by atoms with E-state index in [4.69, 9.17) is 9.15 Å². The number of carbonyl (C=O) groups excluding carboxylic acids is 2. The van der Waals surface area contributed by atoms with Gasteiger partial charge in [-0.05, 0) is 37.0 Å². The molecule has 30 heavy (non-hydrogen) atoms. The van der Waals surface area contributed by atoms with Crippen molar-refractivity contribution in [2.24, 2.45) is 5.41 Å². The first kappa shape index (κ1) is 20.7. The summed E-state index contributed by atoms with van der Waals surface area (Å²) in [6.45, 7) is 6.00. The molecule has 156 valence electrons. The van der Waals surface area contributed by atoms with E-state index in [1.54, 1.807) is 0 Å². The highest BCUT2D eigenvalue weighted by Gasteiger charge is 2.44. The molecule has 1 atom stereocenters. The normalized spacial score (nSPS) is 20.7. The fraction of sp³-hybridized carbons (Fsp3) is 0.333. The van der Waals surface area contributed by atoms with E-state index in [1.165, 1.54) is 7.11 Å². The zero-order valence-electron chi connectivity index (χ0n) is 17.5. The summed E-state index contributed by atoms with van der Waals surface area (Å²) in [6, 6.07) is 11.5. The van der Waals surface area contributed by atoms with Crippen molar-refractivity contribution in [3.63, 3.8) is 0 Å². The molecule has 0 fully saturated rings. The van der Waals surface area contributed by atoms with Gasteiger partial charge >= 0.3 is 5.97 Å². The highest BCUT2D eigenvalue weighted by Crippen LogP contribution is 2.47. The molecule has 0 spiro atoms. The third kappa shape index (κ3) is 3.54. The number of Topliss-reactive ketones (excluding diaryl/α,β-unsaturated/α-hetero) is 1. The van der Waals surface area contributed by atoms with Crippen LogP contribution in [0.3, 0.4) is 0 Å². The number of ether oxygens (including phenoxy) is 1. The first-order valence-corrected chi connectivity index (χ1v) is 10.7. The molecule has 2 heterocycles. The van der Waals surface area contributed by atoms with E-state index in [0.717, 1.165) is 22.2 Å². The second kappa shape index (κ2) is 7.58. The van der Waals surface area contributed by atoms with Crippen molar-refractivity contribution in [2.45, 2.75) is 39.5 Å². The molecule has 0 amide bonds. The third-order valence-electron chi connectivity index (χ3n) is 5.70. The summed E-state index contributed by atoms with van der Waals surface area (Å²) in [6.07, 6.45) is 1.16. The van der Waals surface area contributed by atoms with E-state index in [-0.39, 0.29) is 11.2 Å². The van der Waals surface area contributed by atoms with Crippen LogP contribution >= 0.6 is 15.9 Å². The van der Waals surface area contributed by atoms with Crippen LogP contribution in [-0.2, 0) is 14.3 Å². The van der Waals surface area contributed by atoms with Crippen molar-refractivity contribution >= 4 is 27.7 Å². The lowest BCUT2D eigenvalue weighted by atomic mass is 9.69. The Balaban J connectivity index is 1.86. The molecule has 2 aromatic rings. The van der Waals surface area contributed by atoms with E-state index >= 15 is 0 Å². The summed E-state index contributed by atoms with van der Waals surface area (Å²) in [7, 11) is 1.35. The Morgan fingerprint density at radius 1 is 1.20 bits per heavy atom. The summed E-state index contributed by atoms with van der Waals surface area (Å²) < 4.78 is 12.2. The maximum Gasteiger partial charge on any atom is 0.336 e. The average molecular weight is 470 g/mol. The lowest BCUT2D eigenvalue weighted by molar-refractivity contribution is -0.136. The van der Waals surface area contributed by atoms with Gasteiger partial charge in [-0.15, -0.1) is 0 Å². The number of furan rings is 1. The SMILES string of the molecule is COC(=O)C1=C(C)NC2=C(C(=O)CC(C)(C)C2)C1c1ccc(-c2ccccc2Br)o1. The Hall–Kier alpha value is -2.60. The highest BCUT2D eigenvalue weighted by atomic mass is 79.9. The van der Waals surface area contributed by atoms with Crippen LogP contribution in [0.5, 0.6) is 0 Å². The van der Waals surface area contributed by atoms with E-state index < -0.39 is 11.9 Å². The summed E-state index contributed by atoms with van der Waals surface area (Å²) in [5.74, 6) is 0.208. The number of allylic oxidation sites excluding steroid dienone is 3. The highest BCUT2D eigenvalue weighted by molar-refractivity contribution is 9.10. The molecule has 1 aliphatic carbocycles. The van der Waals surface area contributed by atoms with Gasteiger partial charge in [0.2, 0.25) is 0 Å². The fourth-order valence-corrected chi connectivity index (χ4v) is 4.90. The van der Waals surface area contributed by atoms with E-state index in [9.17, 15) is 9.59 Å². The predicted octanol–water partition coefficient (Wildman–Crippen LogP) is 5.49. The van der Waals surface area contributed by atoms with E-state index in [1.807, 2.05) is 43.3 Å². The Morgan fingerprint density at radius 2 is 1.93 bits per heavy atom. The van der Waals surface area contributed by atoms with Crippen LogP contribution in [-0.4, -0.2) is 18.9 Å². The largest absolute Gasteiger partial charge is 0.466 e. The van der Waals surface area contributed by atoms with Crippen LogP contribution in [0, 0.1) is 5.41 Å². The smallest absolute Gasteiger partial charge is 0.336 e. The topological polar surface area (TPSA) is 68.5 Å². The Labute approximate surface area is 184 Å². The van der Waals surface area contributed by atoms with Gasteiger partial charge in [0.15, 0.2) is 5.78 Å². The minimum atomic E-state index is -0.589. The summed E-state index contributed by atoms with van der Waals surface area (Å²) >= 11 is 3.55. The Kier molecular flexibility index (Phi) is 5.22. The monoisotopic (exact) mass is 469 g/mol. The first-order chi connectivity index (χ1) is 14.2. The second-order valence-electron chi connectivity index (χ2n) is 8.60. The Bertz CT molecular complexity index is 1110. The number of nitrogens with one attached hydrogen (secondary N) is 1. The van der Waals surface area contributed by atoms with Gasteiger partial charge < -0.3 is 14.5 Å². The van der Waals surface area contributed by atoms with E-state index in [0.29, 0.717) is 34.8 Å². The molecule has 4 rings (SSSR count). The van der Waals surface area contributed by atoms with Gasteiger partial charge in [-0.25, -0.2) is 4.79 Å². The maximum atomic E-state index is 13.2. The number of esters is 1. The molecular formula is C24H24BrNO4. The third-order valence-corrected chi connectivity index (χ3v) is 6.39. The fourth-order valence-electron chi connectivity index (χ4n) is 4.41. The van der Waals surface area contributed by atoms with E-state index in [2.05, 4.69) is 35.1 Å². The van der Waals surface area contributed by atoms with Crippen molar-refractivity contribution in [3.05, 3.63) is 69.2 Å². The minimum absolute atomic E-state index is 0.0338. The van der Waals surface area contributed by atoms with Gasteiger partial charge in [0, 0.05) is 33.4 Å². The molecule has 5 nitrogen and oxygen atoms in total. The number of methoxy groups -OCH3 is 1. The van der Waals surface area contributed by atoms with Gasteiger partial charge in [-0.1, -0.05) is 48.0 Å². The number of rotatable bonds is 3. The van der Waals surface area contributed by atoms with Crippen molar-refractivity contribution < 1.29 is 18.7 Å². The van der Waals surface area contributed by atoms with Crippen LogP contribution in [0.25, 0.3) is 11.3 Å². The quantitative estimate of drug-likeness (QED) is 0.602. The molecule has 0 saturated carbocycles. The zero-order chi connectivity index (χ0) is 21.6. The summed E-state index contributed by atoms with van der Waals surface area (Å²) in [5, 5.41) is 3.31. The van der Waals surface area contributed by atoms with Crippen LogP contribution < -0.4 is 5.32 Å². The summed E-state index contributed by atoms with van der Waals surface area (Å²) in [5.41, 5.74) is 3.34. The lowest BCUT2D eigenvalue weighted by Crippen LogP contribution is -2.38. The Morgan fingerprint density at radius 3 is 2.63 bits per heavy atom. The zero-order valence-corrected chi connectivity index (χ0v) is 19.1. The average Bonchev–Trinajstić information content (AvgIpc) is 3.15. The molecule has 0 radical (unpaired) electrons. The second-order valence-corrected chi connectivity index (χ2v) is 9.46. The molecule has 0 bridgehead atoms. The molecule has 0 saturated heterocycles. The number of benzene rings is 1. The van der Waals surface area contributed by atoms with Gasteiger partial charge in [-0.2, -0.15) is 0 Å². The number of ketones is 1. The molecule has 1 aliphatic heterocycles. The van der Waals surface area contributed by atoms with Gasteiger partial charge in [-0.3, -0.25) is 4.79 Å². The molecule has 1 unspecified atom stereocenters. The number of dihydropyridines is 1. The lowest BCUT2D eigenvalue weighted by Gasteiger charge is -2.38.